The van der Waals surface area contributed by atoms with Crippen LogP contribution in [-0.4, -0.2) is 45.0 Å². The summed E-state index contributed by atoms with van der Waals surface area (Å²) >= 11 is 0. The van der Waals surface area contributed by atoms with E-state index in [1.807, 2.05) is 35.4 Å². The second kappa shape index (κ2) is 5.79. The molecule has 0 atom stereocenters. The molecule has 3 aromatic rings. The number of aromatic nitrogens is 3. The highest BCUT2D eigenvalue weighted by Crippen LogP contribution is 2.27. The second-order valence-electron chi connectivity index (χ2n) is 5.77. The van der Waals surface area contributed by atoms with Crippen molar-refractivity contribution < 1.29 is 9.53 Å². The van der Waals surface area contributed by atoms with Gasteiger partial charge >= 0.3 is 0 Å². The van der Waals surface area contributed by atoms with E-state index in [-0.39, 0.29) is 12.0 Å². The molecule has 1 fully saturated rings. The van der Waals surface area contributed by atoms with Gasteiger partial charge in [-0.05, 0) is 18.2 Å². The highest BCUT2D eigenvalue weighted by atomic mass is 16.5. The Kier molecular flexibility index (Phi) is 3.49. The third kappa shape index (κ3) is 2.67. The minimum Gasteiger partial charge on any atom is -0.490 e. The maximum Gasteiger partial charge on any atom is 0.271 e. The lowest BCUT2D eigenvalue weighted by Gasteiger charge is -2.32. The van der Waals surface area contributed by atoms with Crippen molar-refractivity contribution in [2.75, 3.05) is 13.1 Å². The molecule has 4 rings (SSSR count). The van der Waals surface area contributed by atoms with E-state index in [0.29, 0.717) is 18.8 Å². The lowest BCUT2D eigenvalue weighted by Crippen LogP contribution is -2.41. The van der Waals surface area contributed by atoms with Gasteiger partial charge in [-0.15, -0.1) is 0 Å². The molecule has 0 aliphatic carbocycles. The fraction of sp³-hybridized carbons (Fsp3) is 0.294. The molecule has 6 heteroatoms. The Labute approximate surface area is 133 Å². The first-order chi connectivity index (χ1) is 11.3. The van der Waals surface area contributed by atoms with Crippen LogP contribution in [0.5, 0.6) is 5.75 Å². The molecule has 3 heterocycles. The Morgan fingerprint density at radius 3 is 2.87 bits per heavy atom. The van der Waals surface area contributed by atoms with Gasteiger partial charge in [0.1, 0.15) is 17.5 Å². The van der Waals surface area contributed by atoms with Crippen molar-refractivity contribution in [2.24, 2.45) is 0 Å². The molecular formula is C17H18N4O2. The number of amides is 1. The molecule has 0 saturated carbocycles. The van der Waals surface area contributed by atoms with Crippen LogP contribution in [0.2, 0.25) is 0 Å². The maximum absolute atomic E-state index is 12.3. The van der Waals surface area contributed by atoms with E-state index >= 15 is 0 Å². The molecule has 1 aliphatic rings. The SMILES string of the molecule is O=C(c1cnc[nH]1)N1CCC(Oc2cccc3[nH]ccc23)CC1. The molecular weight excluding hydrogens is 292 g/mol. The summed E-state index contributed by atoms with van der Waals surface area (Å²) in [6.07, 6.45) is 6.82. The zero-order valence-corrected chi connectivity index (χ0v) is 12.7. The topological polar surface area (TPSA) is 74.0 Å². The summed E-state index contributed by atoms with van der Waals surface area (Å²) in [6.45, 7) is 1.40. The first-order valence-electron chi connectivity index (χ1n) is 7.81. The normalized spacial score (nSPS) is 15.9. The number of benzene rings is 1. The number of piperidine rings is 1. The molecule has 0 bridgehead atoms. The van der Waals surface area contributed by atoms with Crippen LogP contribution in [0.25, 0.3) is 10.9 Å². The molecule has 0 spiro atoms. The van der Waals surface area contributed by atoms with E-state index < -0.39 is 0 Å². The van der Waals surface area contributed by atoms with Gasteiger partial charge in [0, 0.05) is 43.0 Å². The van der Waals surface area contributed by atoms with Gasteiger partial charge in [0.2, 0.25) is 0 Å². The van der Waals surface area contributed by atoms with Crippen molar-refractivity contribution >= 4 is 16.8 Å². The number of fused-ring (bicyclic) bond motifs is 1. The molecule has 2 N–H and O–H groups in total. The molecule has 2 aromatic heterocycles. The number of rotatable bonds is 3. The summed E-state index contributed by atoms with van der Waals surface area (Å²) in [6, 6.07) is 8.05. The largest absolute Gasteiger partial charge is 0.490 e. The molecule has 1 aromatic carbocycles. The second-order valence-corrected chi connectivity index (χ2v) is 5.77. The molecule has 6 nitrogen and oxygen atoms in total. The van der Waals surface area contributed by atoms with Crippen molar-refractivity contribution in [1.29, 1.82) is 0 Å². The van der Waals surface area contributed by atoms with Crippen molar-refractivity contribution in [3.8, 4) is 5.75 Å². The number of imidazole rings is 1. The van der Waals surface area contributed by atoms with Crippen molar-refractivity contribution in [3.63, 3.8) is 0 Å². The number of ether oxygens (including phenoxy) is 1. The highest BCUT2D eigenvalue weighted by Gasteiger charge is 2.25. The van der Waals surface area contributed by atoms with Crippen LogP contribution < -0.4 is 4.74 Å². The number of carbonyl (C=O) groups excluding carboxylic acids is 1. The quantitative estimate of drug-likeness (QED) is 0.781. The van der Waals surface area contributed by atoms with E-state index in [9.17, 15) is 4.79 Å². The van der Waals surface area contributed by atoms with Crippen LogP contribution in [0, 0.1) is 0 Å². The van der Waals surface area contributed by atoms with Crippen molar-refractivity contribution in [2.45, 2.75) is 18.9 Å². The lowest BCUT2D eigenvalue weighted by atomic mass is 10.1. The highest BCUT2D eigenvalue weighted by molar-refractivity contribution is 5.92. The summed E-state index contributed by atoms with van der Waals surface area (Å²) in [5.41, 5.74) is 1.62. The summed E-state index contributed by atoms with van der Waals surface area (Å²) in [7, 11) is 0. The fourth-order valence-electron chi connectivity index (χ4n) is 3.06. The summed E-state index contributed by atoms with van der Waals surface area (Å²) < 4.78 is 6.17. The first kappa shape index (κ1) is 13.9. The van der Waals surface area contributed by atoms with E-state index in [4.69, 9.17) is 4.74 Å². The summed E-state index contributed by atoms with van der Waals surface area (Å²) in [4.78, 5) is 24.1. The number of carbonyl (C=O) groups is 1. The van der Waals surface area contributed by atoms with E-state index in [1.54, 1.807) is 6.20 Å². The fourth-order valence-corrected chi connectivity index (χ4v) is 3.06. The molecule has 118 valence electrons. The van der Waals surface area contributed by atoms with Gasteiger partial charge in [0.15, 0.2) is 0 Å². The molecule has 23 heavy (non-hydrogen) atoms. The van der Waals surface area contributed by atoms with Gasteiger partial charge in [-0.25, -0.2) is 4.98 Å². The first-order valence-corrected chi connectivity index (χ1v) is 7.81. The monoisotopic (exact) mass is 310 g/mol. The Morgan fingerprint density at radius 2 is 2.09 bits per heavy atom. The number of aromatic amines is 2. The Morgan fingerprint density at radius 1 is 1.22 bits per heavy atom. The van der Waals surface area contributed by atoms with E-state index in [2.05, 4.69) is 15.0 Å². The van der Waals surface area contributed by atoms with Gasteiger partial charge < -0.3 is 19.6 Å². The zero-order valence-electron chi connectivity index (χ0n) is 12.7. The standard InChI is InChI=1S/C17H18N4O2/c22-17(15-10-18-11-20-15)21-8-5-12(6-9-21)23-16-3-1-2-14-13(16)4-7-19-14/h1-4,7,10-12,19H,5-6,8-9H2,(H,18,20). The number of nitrogens with one attached hydrogen (secondary N) is 2. The molecule has 0 unspecified atom stereocenters. The third-order valence-electron chi connectivity index (χ3n) is 4.31. The van der Waals surface area contributed by atoms with Crippen LogP contribution in [-0.2, 0) is 0 Å². The average molecular weight is 310 g/mol. The third-order valence-corrected chi connectivity index (χ3v) is 4.31. The smallest absolute Gasteiger partial charge is 0.271 e. The Balaban J connectivity index is 1.40. The molecule has 1 saturated heterocycles. The number of nitrogens with zero attached hydrogens (tertiary/aromatic N) is 2. The van der Waals surface area contributed by atoms with Crippen molar-refractivity contribution in [3.05, 3.63) is 48.7 Å². The molecule has 0 radical (unpaired) electrons. The van der Waals surface area contributed by atoms with Gasteiger partial charge in [-0.2, -0.15) is 0 Å². The van der Waals surface area contributed by atoms with E-state index in [1.165, 1.54) is 6.33 Å². The number of likely N-dealkylation sites (tertiary alicyclic amines) is 1. The minimum atomic E-state index is 0.00804. The van der Waals surface area contributed by atoms with Gasteiger partial charge in [0.25, 0.3) is 5.91 Å². The number of H-pyrrole nitrogens is 2. The lowest BCUT2D eigenvalue weighted by molar-refractivity contribution is 0.0593. The average Bonchev–Trinajstić information content (AvgIpc) is 3.27. The molecule has 1 amide bonds. The van der Waals surface area contributed by atoms with Gasteiger partial charge in [-0.3, -0.25) is 4.79 Å². The van der Waals surface area contributed by atoms with Gasteiger partial charge in [-0.1, -0.05) is 6.07 Å². The van der Waals surface area contributed by atoms with Crippen LogP contribution in [0.3, 0.4) is 0 Å². The maximum atomic E-state index is 12.3. The Bertz CT molecular complexity index is 801. The van der Waals surface area contributed by atoms with E-state index in [0.717, 1.165) is 29.5 Å². The summed E-state index contributed by atoms with van der Waals surface area (Å²) in [5, 5.41) is 1.10. The number of hydrogen-bond acceptors (Lipinski definition) is 3. The zero-order chi connectivity index (χ0) is 15.6. The van der Waals surface area contributed by atoms with Crippen LogP contribution in [0.4, 0.5) is 0 Å². The Hall–Kier alpha value is -2.76. The predicted molar refractivity (Wildman–Crippen MR) is 86.4 cm³/mol. The number of hydrogen-bond donors (Lipinski definition) is 2. The molecule has 1 aliphatic heterocycles. The summed E-state index contributed by atoms with van der Waals surface area (Å²) in [5.74, 6) is 0.913. The van der Waals surface area contributed by atoms with Crippen LogP contribution in [0.15, 0.2) is 43.0 Å². The predicted octanol–water partition coefficient (Wildman–Crippen LogP) is 2.57. The van der Waals surface area contributed by atoms with Crippen LogP contribution >= 0.6 is 0 Å². The van der Waals surface area contributed by atoms with Crippen molar-refractivity contribution in [1.82, 2.24) is 19.9 Å². The van der Waals surface area contributed by atoms with Gasteiger partial charge in [0.05, 0.1) is 12.5 Å². The van der Waals surface area contributed by atoms with Crippen LogP contribution in [0.1, 0.15) is 23.3 Å². The minimum absolute atomic E-state index is 0.00804.